The van der Waals surface area contributed by atoms with E-state index in [9.17, 15) is 4.79 Å². The minimum atomic E-state index is -0.417. The molecular weight excluding hydrogens is 152 g/mol. The zero-order valence-corrected chi connectivity index (χ0v) is 6.83. The summed E-state index contributed by atoms with van der Waals surface area (Å²) >= 11 is 0. The summed E-state index contributed by atoms with van der Waals surface area (Å²) in [4.78, 5) is 10.7. The smallest absolute Gasteiger partial charge is 0.237 e. The summed E-state index contributed by atoms with van der Waals surface area (Å²) < 4.78 is 0. The SMILES string of the molecule is CC1(C(N)=O)CCCN1.Cl. The maximum atomic E-state index is 10.7. The van der Waals surface area contributed by atoms with Crippen LogP contribution in [0.4, 0.5) is 0 Å². The molecule has 3 N–H and O–H groups in total. The number of hydrogen-bond acceptors (Lipinski definition) is 2. The number of carbonyl (C=O) groups is 1. The lowest BCUT2D eigenvalue weighted by Crippen LogP contribution is -2.48. The molecule has 4 heteroatoms. The summed E-state index contributed by atoms with van der Waals surface area (Å²) in [7, 11) is 0. The van der Waals surface area contributed by atoms with Crippen LogP contribution in [0.2, 0.25) is 0 Å². The second kappa shape index (κ2) is 3.21. The number of hydrogen-bond donors (Lipinski definition) is 2. The average molecular weight is 165 g/mol. The van der Waals surface area contributed by atoms with Crippen LogP contribution in [-0.2, 0) is 4.79 Å². The van der Waals surface area contributed by atoms with Crippen molar-refractivity contribution in [2.24, 2.45) is 5.73 Å². The molecule has 10 heavy (non-hydrogen) atoms. The van der Waals surface area contributed by atoms with Crippen LogP contribution >= 0.6 is 12.4 Å². The van der Waals surface area contributed by atoms with Crippen molar-refractivity contribution in [3.8, 4) is 0 Å². The van der Waals surface area contributed by atoms with Gasteiger partial charge in [0.2, 0.25) is 5.91 Å². The van der Waals surface area contributed by atoms with Gasteiger partial charge in [-0.15, -0.1) is 12.4 Å². The van der Waals surface area contributed by atoms with Gasteiger partial charge in [0.25, 0.3) is 0 Å². The standard InChI is InChI=1S/C6H12N2O.ClH/c1-6(5(7)9)3-2-4-8-6;/h8H,2-4H2,1H3,(H2,7,9);1H. The van der Waals surface area contributed by atoms with Crippen LogP contribution in [0.15, 0.2) is 0 Å². The number of nitrogens with two attached hydrogens (primary N) is 1. The minimum absolute atomic E-state index is 0. The Morgan fingerprint density at radius 1 is 1.70 bits per heavy atom. The molecule has 1 heterocycles. The fraction of sp³-hybridized carbons (Fsp3) is 0.833. The number of nitrogens with one attached hydrogen (secondary N) is 1. The predicted molar refractivity (Wildman–Crippen MR) is 42.1 cm³/mol. The van der Waals surface area contributed by atoms with Crippen LogP contribution in [0.5, 0.6) is 0 Å². The van der Waals surface area contributed by atoms with E-state index in [1.54, 1.807) is 0 Å². The zero-order chi connectivity index (χ0) is 6.91. The molecule has 0 aromatic carbocycles. The first-order valence-electron chi connectivity index (χ1n) is 3.20. The second-order valence-electron chi connectivity index (χ2n) is 2.73. The van der Waals surface area contributed by atoms with Crippen LogP contribution in [0, 0.1) is 0 Å². The molecule has 1 fully saturated rings. The van der Waals surface area contributed by atoms with Crippen molar-refractivity contribution in [2.45, 2.75) is 25.3 Å². The summed E-state index contributed by atoms with van der Waals surface area (Å²) in [5, 5.41) is 3.06. The van der Waals surface area contributed by atoms with E-state index in [4.69, 9.17) is 5.73 Å². The Kier molecular flexibility index (Phi) is 3.12. The van der Waals surface area contributed by atoms with E-state index in [0.717, 1.165) is 19.4 Å². The van der Waals surface area contributed by atoms with E-state index < -0.39 is 5.54 Å². The van der Waals surface area contributed by atoms with Gasteiger partial charge in [-0.1, -0.05) is 0 Å². The molecule has 0 aromatic rings. The maximum absolute atomic E-state index is 10.7. The topological polar surface area (TPSA) is 55.1 Å². The van der Waals surface area contributed by atoms with Crippen molar-refractivity contribution in [2.75, 3.05) is 6.54 Å². The summed E-state index contributed by atoms with van der Waals surface area (Å²) in [5.74, 6) is -0.236. The fourth-order valence-corrected chi connectivity index (χ4v) is 1.10. The van der Waals surface area contributed by atoms with E-state index in [1.165, 1.54) is 0 Å². The molecule has 1 saturated heterocycles. The van der Waals surface area contributed by atoms with E-state index >= 15 is 0 Å². The van der Waals surface area contributed by atoms with Gasteiger partial charge >= 0.3 is 0 Å². The van der Waals surface area contributed by atoms with Crippen molar-refractivity contribution < 1.29 is 4.79 Å². The second-order valence-corrected chi connectivity index (χ2v) is 2.73. The van der Waals surface area contributed by atoms with Crippen molar-refractivity contribution in [3.05, 3.63) is 0 Å². The summed E-state index contributed by atoms with van der Waals surface area (Å²) in [6.07, 6.45) is 1.93. The Morgan fingerprint density at radius 2 is 2.30 bits per heavy atom. The highest BCUT2D eigenvalue weighted by molar-refractivity contribution is 5.85. The Morgan fingerprint density at radius 3 is 2.50 bits per heavy atom. The van der Waals surface area contributed by atoms with Crippen molar-refractivity contribution in [3.63, 3.8) is 0 Å². The number of rotatable bonds is 1. The van der Waals surface area contributed by atoms with Crippen LogP contribution in [-0.4, -0.2) is 18.0 Å². The number of amides is 1. The molecule has 1 aliphatic heterocycles. The van der Waals surface area contributed by atoms with E-state index in [-0.39, 0.29) is 18.3 Å². The fourth-order valence-electron chi connectivity index (χ4n) is 1.10. The van der Waals surface area contributed by atoms with E-state index in [2.05, 4.69) is 5.32 Å². The molecule has 60 valence electrons. The quantitative estimate of drug-likeness (QED) is 0.575. The highest BCUT2D eigenvalue weighted by Gasteiger charge is 2.33. The van der Waals surface area contributed by atoms with Crippen molar-refractivity contribution >= 4 is 18.3 Å². The molecule has 1 aliphatic rings. The van der Waals surface area contributed by atoms with Crippen molar-refractivity contribution in [1.82, 2.24) is 5.32 Å². The molecular formula is C6H13ClN2O. The van der Waals surface area contributed by atoms with Gasteiger partial charge in [-0.2, -0.15) is 0 Å². The minimum Gasteiger partial charge on any atom is -0.368 e. The Bertz CT molecular complexity index is 132. The Labute approximate surface area is 66.8 Å². The summed E-state index contributed by atoms with van der Waals surface area (Å²) in [6, 6.07) is 0. The maximum Gasteiger partial charge on any atom is 0.237 e. The van der Waals surface area contributed by atoms with Gasteiger partial charge in [0, 0.05) is 0 Å². The van der Waals surface area contributed by atoms with Crippen LogP contribution in [0.25, 0.3) is 0 Å². The molecule has 0 saturated carbocycles. The van der Waals surface area contributed by atoms with E-state index in [0.29, 0.717) is 0 Å². The highest BCUT2D eigenvalue weighted by Crippen LogP contribution is 2.16. The Balaban J connectivity index is 0.000000810. The van der Waals surface area contributed by atoms with Gasteiger partial charge < -0.3 is 11.1 Å². The molecule has 1 rings (SSSR count). The lowest BCUT2D eigenvalue weighted by atomic mass is 10.0. The predicted octanol–water partition coefficient (Wildman–Crippen LogP) is 0.0356. The van der Waals surface area contributed by atoms with Gasteiger partial charge in [0.05, 0.1) is 5.54 Å². The molecule has 1 amide bonds. The first kappa shape index (κ1) is 9.72. The first-order chi connectivity index (χ1) is 4.15. The molecule has 0 bridgehead atoms. The molecule has 0 aromatic heterocycles. The molecule has 3 nitrogen and oxygen atoms in total. The van der Waals surface area contributed by atoms with Crippen LogP contribution < -0.4 is 11.1 Å². The summed E-state index contributed by atoms with van der Waals surface area (Å²) in [6.45, 7) is 2.77. The van der Waals surface area contributed by atoms with Gasteiger partial charge in [0.15, 0.2) is 0 Å². The molecule has 0 aliphatic carbocycles. The molecule has 1 atom stereocenters. The van der Waals surface area contributed by atoms with Gasteiger partial charge in [-0.05, 0) is 26.3 Å². The molecule has 0 radical (unpaired) electrons. The lowest BCUT2D eigenvalue weighted by Gasteiger charge is -2.18. The van der Waals surface area contributed by atoms with Crippen LogP contribution in [0.3, 0.4) is 0 Å². The van der Waals surface area contributed by atoms with Gasteiger partial charge in [0.1, 0.15) is 0 Å². The van der Waals surface area contributed by atoms with Gasteiger partial charge in [-0.3, -0.25) is 4.79 Å². The third-order valence-electron chi connectivity index (χ3n) is 1.91. The monoisotopic (exact) mass is 164 g/mol. The van der Waals surface area contributed by atoms with E-state index in [1.807, 2.05) is 6.92 Å². The largest absolute Gasteiger partial charge is 0.368 e. The first-order valence-corrected chi connectivity index (χ1v) is 3.20. The number of primary amides is 1. The normalized spacial score (nSPS) is 31.3. The summed E-state index contributed by atoms with van der Waals surface area (Å²) in [5.41, 5.74) is 4.71. The number of carbonyl (C=O) groups excluding carboxylic acids is 1. The van der Waals surface area contributed by atoms with Crippen LogP contribution in [0.1, 0.15) is 19.8 Å². The molecule has 1 unspecified atom stereocenters. The number of halogens is 1. The highest BCUT2D eigenvalue weighted by atomic mass is 35.5. The lowest BCUT2D eigenvalue weighted by molar-refractivity contribution is -0.123. The molecule has 0 spiro atoms. The van der Waals surface area contributed by atoms with Gasteiger partial charge in [-0.25, -0.2) is 0 Å². The third-order valence-corrected chi connectivity index (χ3v) is 1.91. The average Bonchev–Trinajstić information content (AvgIpc) is 2.16. The third kappa shape index (κ3) is 1.61. The van der Waals surface area contributed by atoms with Crippen molar-refractivity contribution in [1.29, 1.82) is 0 Å². The zero-order valence-electron chi connectivity index (χ0n) is 6.02. The Hall–Kier alpha value is -0.280.